The Bertz CT molecular complexity index is 8080. The fourth-order valence-electron chi connectivity index (χ4n) is 21.2. The Morgan fingerprint density at radius 3 is 1.11 bits per heavy atom. The summed E-state index contributed by atoms with van der Waals surface area (Å²) >= 11 is 0. The van der Waals surface area contributed by atoms with Crippen molar-refractivity contribution in [2.75, 3.05) is 38.6 Å². The normalized spacial score (nSPS) is 13.9. The van der Waals surface area contributed by atoms with Crippen molar-refractivity contribution in [3.05, 3.63) is 536 Å². The number of benzene rings is 16. The molecule has 0 atom stereocenters. The van der Waals surface area contributed by atoms with Crippen LogP contribution in [0.3, 0.4) is 0 Å². The van der Waals surface area contributed by atoms with Crippen LogP contribution in [0.25, 0.3) is 50.1 Å². The van der Waals surface area contributed by atoms with E-state index in [9.17, 15) is 0 Å². The molecule has 0 aliphatic carbocycles. The molecule has 0 spiro atoms. The van der Waals surface area contributed by atoms with Gasteiger partial charge in [-0.2, -0.15) is 37.6 Å². The van der Waals surface area contributed by atoms with E-state index in [0.717, 1.165) is 107 Å². The zero-order chi connectivity index (χ0) is 93.5. The van der Waals surface area contributed by atoms with E-state index >= 15 is 0 Å². The Balaban J connectivity index is 0.000000126. The molecule has 10 heterocycles. The summed E-state index contributed by atoms with van der Waals surface area (Å²) in [6, 6.07) is 178. The first kappa shape index (κ1) is 93.8. The van der Waals surface area contributed by atoms with E-state index < -0.39 is 24.2 Å². The van der Waals surface area contributed by atoms with Crippen molar-refractivity contribution >= 4 is 171 Å². The monoisotopic (exact) mass is 2430 g/mol. The number of nitrogens with zero attached hydrogens (tertiary/aromatic N) is 12. The van der Waals surface area contributed by atoms with E-state index in [1.165, 1.54) is 67.6 Å². The van der Waals surface area contributed by atoms with E-state index in [1.807, 2.05) is 129 Å². The number of hydrogen-bond acceptors (Lipinski definition) is 12. The molecule has 143 heavy (non-hydrogen) atoms. The Hall–Kier alpha value is -15.5. The summed E-state index contributed by atoms with van der Waals surface area (Å²) in [5.74, 6) is 2.89. The van der Waals surface area contributed by atoms with Crippen LogP contribution in [0.5, 0.6) is 11.5 Å². The van der Waals surface area contributed by atoms with E-state index in [2.05, 4.69) is 459 Å². The minimum atomic E-state index is -2.84. The molecular weight excluding hydrogens is 2340 g/mol. The first-order valence-electron chi connectivity index (χ1n) is 46.9. The van der Waals surface area contributed by atoms with E-state index in [1.54, 1.807) is 6.20 Å². The molecule has 0 fully saturated rings. The first-order chi connectivity index (χ1) is 69.3. The zero-order valence-corrected chi connectivity index (χ0v) is 87.4. The second-order valence-corrected chi connectivity index (χ2v) is 46.2. The molecular formula is C124H88N12OPt3Si3. The van der Waals surface area contributed by atoms with E-state index in [4.69, 9.17) is 19.7 Å². The van der Waals surface area contributed by atoms with Crippen LogP contribution in [-0.2, 0) is 63.2 Å². The third kappa shape index (κ3) is 16.7. The molecule has 0 radical (unpaired) electrons. The molecule has 0 N–H and O–H groups in total. The topological polar surface area (TPSA) is 88.4 Å². The van der Waals surface area contributed by atoms with Crippen molar-refractivity contribution in [2.45, 2.75) is 0 Å². The third-order valence-electron chi connectivity index (χ3n) is 27.0. The van der Waals surface area contributed by atoms with Crippen molar-refractivity contribution < 1.29 is 67.9 Å². The van der Waals surface area contributed by atoms with Gasteiger partial charge in [-0.1, -0.05) is 362 Å². The van der Waals surface area contributed by atoms with E-state index in [0.29, 0.717) is 11.5 Å². The average molecular weight is 2430 g/mol. The number of anilines is 11. The predicted molar refractivity (Wildman–Crippen MR) is 578 cm³/mol. The molecule has 0 unspecified atom stereocenters. The van der Waals surface area contributed by atoms with Crippen molar-refractivity contribution in [3.8, 4) is 39.8 Å². The molecule has 0 saturated heterocycles. The van der Waals surface area contributed by atoms with Gasteiger partial charge in [0.15, 0.2) is 0 Å². The molecule has 16 aromatic carbocycles. The molecule has 19 heteroatoms. The Kier molecular flexibility index (Phi) is 26.6. The SMILES string of the molecule is CN1C=CN(c2[c-]c(N3c4[c-]c(N5C=CN(C)[CH-]5)ccc4[Si](c4ccccc4)(c4ccccc4)c4ccccc43)ccc2)[CH-]1.[Pt+2].[Pt+2].[Pt+4].[c-]1c(-c2ccccn2)ccc2c1N(c1[c-]c3c(cc1)c1ccccc1n3-c1ccccn1)c1ccccc1[Si]2(c1ccccc1)c1ccccc1.[c-]1c(Oc2[c-]c3c(cc2)[Si](c2ccccc2)(c2ccccc2)c2ccccc2N3c2ccccn2)cccc1-c1ccccn1. The molecule has 13 nitrogen and oxygen atoms in total. The maximum Gasteiger partial charge on any atom is 4.00 e. The van der Waals surface area contributed by atoms with Gasteiger partial charge in [0, 0.05) is 58.9 Å². The van der Waals surface area contributed by atoms with Gasteiger partial charge in [0.25, 0.3) is 0 Å². The number of para-hydroxylation sites is 4. The van der Waals surface area contributed by atoms with E-state index in [-0.39, 0.29) is 63.2 Å². The second-order valence-electron chi connectivity index (χ2n) is 35.0. The van der Waals surface area contributed by atoms with Gasteiger partial charge in [0.1, 0.15) is 35.9 Å². The van der Waals surface area contributed by atoms with Crippen LogP contribution in [0.1, 0.15) is 0 Å². The Morgan fingerprint density at radius 2 is 0.636 bits per heavy atom. The van der Waals surface area contributed by atoms with Gasteiger partial charge < -0.3 is 53.6 Å². The fourth-order valence-corrected chi connectivity index (χ4v) is 36.3. The van der Waals surface area contributed by atoms with Gasteiger partial charge in [-0.05, 0) is 138 Å². The van der Waals surface area contributed by atoms with Gasteiger partial charge in [-0.15, -0.1) is 129 Å². The Morgan fingerprint density at radius 1 is 0.259 bits per heavy atom. The molecule has 0 bridgehead atoms. The Labute approximate surface area is 879 Å². The quantitative estimate of drug-likeness (QED) is 0.0682. The van der Waals surface area contributed by atoms with Crippen LogP contribution in [0, 0.1) is 49.7 Å². The summed E-state index contributed by atoms with van der Waals surface area (Å²) in [5, 5.41) is 18.1. The van der Waals surface area contributed by atoms with Gasteiger partial charge >= 0.3 is 63.2 Å². The summed E-state index contributed by atoms with van der Waals surface area (Å²) in [6.07, 6.45) is 15.6. The largest absolute Gasteiger partial charge is 4.00 e. The first-order valence-corrected chi connectivity index (χ1v) is 52.9. The summed E-state index contributed by atoms with van der Waals surface area (Å²) < 4.78 is 8.72. The minimum absolute atomic E-state index is 0. The molecule has 5 aromatic heterocycles. The van der Waals surface area contributed by atoms with Crippen molar-refractivity contribution in [1.82, 2.24) is 34.3 Å². The number of pyridine rings is 4. The van der Waals surface area contributed by atoms with Gasteiger partial charge in [-0.3, -0.25) is 0 Å². The summed E-state index contributed by atoms with van der Waals surface area (Å²) in [7, 11) is -4.31. The zero-order valence-electron chi connectivity index (χ0n) is 77.6. The van der Waals surface area contributed by atoms with Crippen LogP contribution in [-0.4, -0.2) is 72.6 Å². The second kappa shape index (κ2) is 40.6. The minimum Gasteiger partial charge on any atom is -0.510 e. The number of ether oxygens (including phenoxy) is 1. The molecule has 5 aliphatic rings. The molecule has 0 saturated carbocycles. The van der Waals surface area contributed by atoms with Gasteiger partial charge in [0.05, 0.1) is 0 Å². The summed E-state index contributed by atoms with van der Waals surface area (Å²) in [6.45, 7) is 4.14. The third-order valence-corrected chi connectivity index (χ3v) is 41.6. The smallest absolute Gasteiger partial charge is 0.510 e. The molecule has 21 aromatic rings. The van der Waals surface area contributed by atoms with Crippen molar-refractivity contribution in [1.29, 1.82) is 0 Å². The number of hydrogen-bond donors (Lipinski definition) is 0. The van der Waals surface area contributed by atoms with Crippen LogP contribution in [0.15, 0.2) is 486 Å². The fraction of sp³-hybridized carbons (Fsp3) is 0.0161. The van der Waals surface area contributed by atoms with Crippen LogP contribution in [0.2, 0.25) is 0 Å². The number of aromatic nitrogens is 5. The maximum absolute atomic E-state index is 6.49. The van der Waals surface area contributed by atoms with Gasteiger partial charge in [0.2, 0.25) is 0 Å². The van der Waals surface area contributed by atoms with Gasteiger partial charge in [-0.25, -0.2) is 9.97 Å². The van der Waals surface area contributed by atoms with Crippen molar-refractivity contribution in [2.24, 2.45) is 0 Å². The average Bonchev–Trinajstić information content (AvgIpc) is 1.56. The number of fused-ring (bicyclic) bond motifs is 9. The van der Waals surface area contributed by atoms with Crippen LogP contribution >= 0.6 is 0 Å². The van der Waals surface area contributed by atoms with Crippen LogP contribution < -0.4 is 91.5 Å². The molecule has 692 valence electrons. The predicted octanol–water partition coefficient (Wildman–Crippen LogP) is 19.8. The molecule has 26 rings (SSSR count). The van der Waals surface area contributed by atoms with Crippen molar-refractivity contribution in [3.63, 3.8) is 0 Å². The van der Waals surface area contributed by atoms with Crippen LogP contribution in [0.4, 0.5) is 62.7 Å². The molecule has 5 aliphatic heterocycles. The molecule has 0 amide bonds. The summed E-state index contributed by atoms with van der Waals surface area (Å²) in [4.78, 5) is 34.1. The number of rotatable bonds is 16. The summed E-state index contributed by atoms with van der Waals surface area (Å²) in [5.41, 5.74) is 15.9. The standard InChI is InChI=1S/C46H30N4Si.C40H27N3OSi.C38H31N5Si.3Pt/c1-3-15-35(16-4-1)51(36-17-5-2-6-18-36)44-23-10-9-22-41(44)49(43-31-33(25-28-45(43)51)39-20-11-13-29-47-39)34-26-27-38-37-19-7-8-21-40(37)50(42(38)32-34)46-24-12-14-30-48-46;1-3-16-33(17-4-1)45(34-18-5-2-6-19-34)38-22-8-7-21-36(38)43(40-23-10-12-27-42-40)37-29-32(24-25-39(37)45)44-31-15-13-14-30(28-31)35-20-9-11-26-41-35;1-39-22-24-41(28-39)30-12-11-13-32(26-30)43-35-18-9-10-19-37(35)44(33-14-5-3-6-15-33,34-16-7-4-8-17-34)38-21-20-31(27-36(38)43)42-25-23-40(2)29-42;;;/h1-30H;1-27H;3-25,28-29H,1-2H3;;;/q2*-2;-4;2*+2;+4. The maximum atomic E-state index is 6.49.